The van der Waals surface area contributed by atoms with E-state index in [1.54, 1.807) is 11.3 Å². The van der Waals surface area contributed by atoms with Crippen LogP contribution in [-0.4, -0.2) is 25.0 Å². The van der Waals surface area contributed by atoms with Gasteiger partial charge in [-0.3, -0.25) is 0 Å². The fraction of sp³-hybridized carbons (Fsp3) is 0.600. The molecule has 1 aliphatic heterocycles. The van der Waals surface area contributed by atoms with Crippen molar-refractivity contribution in [2.45, 2.75) is 19.4 Å². The first-order valence-electron chi connectivity index (χ1n) is 4.92. The molecular weight excluding hydrogens is 232 g/mol. The van der Waals surface area contributed by atoms with Crippen molar-refractivity contribution in [2.24, 2.45) is 5.92 Å². The summed E-state index contributed by atoms with van der Waals surface area (Å²) in [5.41, 5.74) is 0.891. The maximum absolute atomic E-state index is 11.3. The zero-order valence-corrected chi connectivity index (χ0v) is 10.1. The molecule has 1 N–H and O–H groups in total. The molecule has 2 atom stereocenters. The first-order chi connectivity index (χ1) is 6.99. The van der Waals surface area contributed by atoms with Gasteiger partial charge >= 0.3 is 0 Å². The Bertz CT molecular complexity index is 447. The van der Waals surface area contributed by atoms with Crippen molar-refractivity contribution in [2.75, 3.05) is 11.5 Å². The van der Waals surface area contributed by atoms with Crippen molar-refractivity contribution in [3.63, 3.8) is 0 Å². The van der Waals surface area contributed by atoms with Crippen molar-refractivity contribution >= 4 is 21.2 Å². The summed E-state index contributed by atoms with van der Waals surface area (Å²) in [6, 6.07) is 1.88. The van der Waals surface area contributed by atoms with Gasteiger partial charge in [0.05, 0.1) is 17.6 Å². The third-order valence-corrected chi connectivity index (χ3v) is 5.59. The first-order valence-corrected chi connectivity index (χ1v) is 7.62. The highest BCUT2D eigenvalue weighted by atomic mass is 32.2. The van der Waals surface area contributed by atoms with E-state index in [0.717, 1.165) is 10.4 Å². The summed E-state index contributed by atoms with van der Waals surface area (Å²) in [5, 5.41) is 12.0. The Morgan fingerprint density at radius 1 is 1.60 bits per heavy atom. The summed E-state index contributed by atoms with van der Waals surface area (Å²) in [6.07, 6.45) is -0.0350. The highest BCUT2D eigenvalue weighted by molar-refractivity contribution is 7.91. The molecule has 0 saturated carbocycles. The molecule has 2 unspecified atom stereocenters. The summed E-state index contributed by atoms with van der Waals surface area (Å²) < 4.78 is 22.6. The van der Waals surface area contributed by atoms with Gasteiger partial charge in [-0.1, -0.05) is 0 Å². The van der Waals surface area contributed by atoms with Gasteiger partial charge in [-0.25, -0.2) is 8.42 Å². The monoisotopic (exact) mass is 246 g/mol. The number of aliphatic hydroxyl groups excluding tert-OH is 1. The lowest BCUT2D eigenvalue weighted by atomic mass is 9.96. The molecule has 0 spiro atoms. The lowest BCUT2D eigenvalue weighted by Gasteiger charge is -2.16. The third kappa shape index (κ3) is 2.24. The van der Waals surface area contributed by atoms with Gasteiger partial charge in [-0.2, -0.15) is 0 Å². The average Bonchev–Trinajstić information content (AvgIpc) is 2.71. The van der Waals surface area contributed by atoms with E-state index >= 15 is 0 Å². The number of thiophene rings is 1. The summed E-state index contributed by atoms with van der Waals surface area (Å²) in [4.78, 5) is 1.08. The molecular formula is C10H14O3S2. The van der Waals surface area contributed by atoms with Crippen molar-refractivity contribution in [1.29, 1.82) is 0 Å². The average molecular weight is 246 g/mol. The van der Waals surface area contributed by atoms with Crippen LogP contribution >= 0.6 is 11.3 Å². The van der Waals surface area contributed by atoms with Crippen LogP contribution in [0.25, 0.3) is 0 Å². The van der Waals surface area contributed by atoms with Gasteiger partial charge in [0.2, 0.25) is 0 Å². The van der Waals surface area contributed by atoms with E-state index in [9.17, 15) is 13.5 Å². The Hall–Kier alpha value is -0.390. The van der Waals surface area contributed by atoms with Gasteiger partial charge < -0.3 is 5.11 Å². The van der Waals surface area contributed by atoms with Gasteiger partial charge in [0.1, 0.15) is 0 Å². The molecule has 0 radical (unpaired) electrons. The van der Waals surface area contributed by atoms with Gasteiger partial charge in [0, 0.05) is 10.8 Å². The fourth-order valence-corrected chi connectivity index (χ4v) is 4.60. The van der Waals surface area contributed by atoms with Crippen molar-refractivity contribution in [1.82, 2.24) is 0 Å². The van der Waals surface area contributed by atoms with E-state index in [0.29, 0.717) is 6.42 Å². The van der Waals surface area contributed by atoms with Crippen LogP contribution < -0.4 is 0 Å². The summed E-state index contributed by atoms with van der Waals surface area (Å²) >= 11 is 1.58. The fourth-order valence-electron chi connectivity index (χ4n) is 2.03. The second-order valence-corrected chi connectivity index (χ2v) is 7.39. The van der Waals surface area contributed by atoms with Gasteiger partial charge in [-0.15, -0.1) is 11.3 Å². The van der Waals surface area contributed by atoms with Crippen LogP contribution in [0.2, 0.25) is 0 Å². The summed E-state index contributed by atoms with van der Waals surface area (Å²) in [6.45, 7) is 1.95. The van der Waals surface area contributed by atoms with E-state index in [2.05, 4.69) is 0 Å². The minimum Gasteiger partial charge on any atom is -0.388 e. The minimum atomic E-state index is -2.90. The van der Waals surface area contributed by atoms with Gasteiger partial charge in [0.25, 0.3) is 0 Å². The van der Waals surface area contributed by atoms with Gasteiger partial charge in [0.15, 0.2) is 9.84 Å². The number of hydrogen-bond acceptors (Lipinski definition) is 4. The molecule has 1 aliphatic rings. The van der Waals surface area contributed by atoms with E-state index < -0.39 is 15.9 Å². The molecule has 0 aliphatic carbocycles. The molecule has 15 heavy (non-hydrogen) atoms. The lowest BCUT2D eigenvalue weighted by Crippen LogP contribution is -2.14. The van der Waals surface area contributed by atoms with Crippen molar-refractivity contribution in [3.05, 3.63) is 21.9 Å². The molecule has 1 aromatic rings. The second kappa shape index (κ2) is 3.88. The predicted molar refractivity (Wildman–Crippen MR) is 60.8 cm³/mol. The highest BCUT2D eigenvalue weighted by Gasteiger charge is 2.34. The minimum absolute atomic E-state index is 0.122. The van der Waals surface area contributed by atoms with Crippen LogP contribution in [0.5, 0.6) is 0 Å². The molecule has 1 saturated heterocycles. The molecule has 2 rings (SSSR count). The summed E-state index contributed by atoms with van der Waals surface area (Å²) in [5.74, 6) is 0.227. The number of sulfone groups is 1. The molecule has 3 nitrogen and oxygen atoms in total. The Kier molecular flexibility index (Phi) is 2.87. The SMILES string of the molecule is Cc1sccc1C(O)C1CCS(=O)(=O)C1. The lowest BCUT2D eigenvalue weighted by molar-refractivity contribution is 0.121. The summed E-state index contributed by atoms with van der Waals surface area (Å²) in [7, 11) is -2.90. The number of hydrogen-bond donors (Lipinski definition) is 1. The molecule has 84 valence electrons. The smallest absolute Gasteiger partial charge is 0.150 e. The van der Waals surface area contributed by atoms with Gasteiger partial charge in [-0.05, 0) is 30.4 Å². The van der Waals surface area contributed by atoms with E-state index in [-0.39, 0.29) is 17.4 Å². The molecule has 0 amide bonds. The molecule has 0 bridgehead atoms. The highest BCUT2D eigenvalue weighted by Crippen LogP contribution is 2.34. The first kappa shape index (κ1) is 11.1. The maximum Gasteiger partial charge on any atom is 0.150 e. The third-order valence-electron chi connectivity index (χ3n) is 2.93. The largest absolute Gasteiger partial charge is 0.388 e. The van der Waals surface area contributed by atoms with Crippen LogP contribution in [0.1, 0.15) is 23.0 Å². The Labute approximate surface area is 93.7 Å². The zero-order valence-electron chi connectivity index (χ0n) is 8.51. The van der Waals surface area contributed by atoms with E-state index in [1.807, 2.05) is 18.4 Å². The van der Waals surface area contributed by atoms with E-state index in [1.165, 1.54) is 0 Å². The van der Waals surface area contributed by atoms with Crippen LogP contribution in [0, 0.1) is 12.8 Å². The molecule has 1 aromatic heterocycles. The Balaban J connectivity index is 2.17. The second-order valence-electron chi connectivity index (χ2n) is 4.04. The molecule has 1 fully saturated rings. The van der Waals surface area contributed by atoms with Crippen LogP contribution in [0.15, 0.2) is 11.4 Å². The van der Waals surface area contributed by atoms with Crippen molar-refractivity contribution in [3.8, 4) is 0 Å². The van der Waals surface area contributed by atoms with Crippen molar-refractivity contribution < 1.29 is 13.5 Å². The molecule has 0 aromatic carbocycles. The normalized spacial score (nSPS) is 26.7. The molecule has 2 heterocycles. The van der Waals surface area contributed by atoms with Crippen LogP contribution in [-0.2, 0) is 9.84 Å². The Morgan fingerprint density at radius 2 is 2.33 bits per heavy atom. The van der Waals surface area contributed by atoms with Crippen LogP contribution in [0.3, 0.4) is 0 Å². The number of aryl methyl sites for hydroxylation is 1. The van der Waals surface area contributed by atoms with E-state index in [4.69, 9.17) is 0 Å². The quantitative estimate of drug-likeness (QED) is 0.861. The van der Waals surface area contributed by atoms with Crippen LogP contribution in [0.4, 0.5) is 0 Å². The zero-order chi connectivity index (χ0) is 11.1. The topological polar surface area (TPSA) is 54.4 Å². The number of aliphatic hydroxyl groups is 1. The standard InChI is InChI=1S/C10H14O3S2/c1-7-9(2-4-14-7)10(11)8-3-5-15(12,13)6-8/h2,4,8,10-11H,3,5-6H2,1H3. The Morgan fingerprint density at radius 3 is 2.80 bits per heavy atom. The predicted octanol–water partition coefficient (Wildman–Crippen LogP) is 1.52. The molecule has 5 heteroatoms. The number of rotatable bonds is 2. The maximum atomic E-state index is 11.3.